The Hall–Kier alpha value is -0.420. The smallest absolute Gasteiger partial charge is 0.0508 e. The van der Waals surface area contributed by atoms with Gasteiger partial charge in [-0.15, -0.1) is 0 Å². The lowest BCUT2D eigenvalue weighted by atomic mass is 9.98. The fraction of sp³-hybridized carbons (Fsp3) is 0.692. The highest BCUT2D eigenvalue weighted by atomic mass is 32.1. The fourth-order valence-corrected chi connectivity index (χ4v) is 3.18. The van der Waals surface area contributed by atoms with Gasteiger partial charge in [0, 0.05) is 32.2 Å². The summed E-state index contributed by atoms with van der Waals surface area (Å²) in [6, 6.07) is 2.87. The van der Waals surface area contributed by atoms with E-state index >= 15 is 0 Å². The van der Waals surface area contributed by atoms with Crippen molar-refractivity contribution in [2.45, 2.75) is 25.4 Å². The molecular weight excluding hydrogens is 230 g/mol. The van der Waals surface area contributed by atoms with Crippen molar-refractivity contribution in [1.82, 2.24) is 9.80 Å². The zero-order chi connectivity index (χ0) is 12.3. The first-order valence-corrected chi connectivity index (χ1v) is 7.37. The Morgan fingerprint density at radius 2 is 2.06 bits per heavy atom. The van der Waals surface area contributed by atoms with Gasteiger partial charge in [0.05, 0.1) is 6.04 Å². The Labute approximate surface area is 108 Å². The first-order valence-electron chi connectivity index (χ1n) is 6.42. The van der Waals surface area contributed by atoms with E-state index in [0.717, 1.165) is 32.6 Å². The van der Waals surface area contributed by atoms with E-state index in [2.05, 4.69) is 40.6 Å². The molecule has 1 aromatic heterocycles. The number of thiophene rings is 1. The van der Waals surface area contributed by atoms with Crippen LogP contribution in [0.4, 0.5) is 0 Å². The van der Waals surface area contributed by atoms with E-state index < -0.39 is 0 Å². The van der Waals surface area contributed by atoms with Crippen LogP contribution in [0.1, 0.15) is 24.9 Å². The lowest BCUT2D eigenvalue weighted by molar-refractivity contribution is 0.0971. The van der Waals surface area contributed by atoms with Crippen LogP contribution in [0.2, 0.25) is 0 Å². The van der Waals surface area contributed by atoms with Crippen LogP contribution in [0, 0.1) is 0 Å². The second-order valence-corrected chi connectivity index (χ2v) is 5.69. The summed E-state index contributed by atoms with van der Waals surface area (Å²) in [5, 5.41) is 4.40. The summed E-state index contributed by atoms with van der Waals surface area (Å²) < 4.78 is 0. The van der Waals surface area contributed by atoms with E-state index in [9.17, 15) is 0 Å². The van der Waals surface area contributed by atoms with Crippen molar-refractivity contribution in [2.24, 2.45) is 5.73 Å². The number of rotatable bonds is 4. The molecule has 17 heavy (non-hydrogen) atoms. The molecule has 0 aromatic carbocycles. The predicted octanol–water partition coefficient (Wildman–Crippen LogP) is 1.77. The Bertz CT molecular complexity index is 317. The summed E-state index contributed by atoms with van der Waals surface area (Å²) in [5.74, 6) is 0. The standard InChI is InChI=1S/C13H23N3S/c1-3-12(14)13(11-4-9-17-10-11)16-7-5-15(2)6-8-16/h4,9-10,12-13H,3,5-8,14H2,1-2H3. The third kappa shape index (κ3) is 3.07. The van der Waals surface area contributed by atoms with E-state index in [1.54, 1.807) is 11.3 Å². The highest BCUT2D eigenvalue weighted by molar-refractivity contribution is 7.07. The minimum atomic E-state index is 0.244. The van der Waals surface area contributed by atoms with Gasteiger partial charge in [0.25, 0.3) is 0 Å². The number of nitrogens with zero attached hydrogens (tertiary/aromatic N) is 2. The molecule has 0 radical (unpaired) electrons. The molecule has 1 aliphatic rings. The topological polar surface area (TPSA) is 32.5 Å². The number of hydrogen-bond acceptors (Lipinski definition) is 4. The van der Waals surface area contributed by atoms with Crippen LogP contribution in [0.25, 0.3) is 0 Å². The van der Waals surface area contributed by atoms with E-state index in [1.165, 1.54) is 5.56 Å². The second kappa shape index (κ2) is 5.96. The molecule has 2 unspecified atom stereocenters. The van der Waals surface area contributed by atoms with Crippen LogP contribution < -0.4 is 5.73 Å². The molecule has 1 aromatic rings. The lowest BCUT2D eigenvalue weighted by Crippen LogP contribution is -2.50. The molecule has 2 N–H and O–H groups in total. The summed E-state index contributed by atoms with van der Waals surface area (Å²) >= 11 is 1.77. The molecule has 4 heteroatoms. The molecule has 2 rings (SSSR count). The predicted molar refractivity (Wildman–Crippen MR) is 74.4 cm³/mol. The fourth-order valence-electron chi connectivity index (χ4n) is 2.50. The maximum atomic E-state index is 6.32. The van der Waals surface area contributed by atoms with Gasteiger partial charge in [-0.1, -0.05) is 6.92 Å². The number of likely N-dealkylation sites (N-methyl/N-ethyl adjacent to an activating group) is 1. The molecular formula is C13H23N3S. The van der Waals surface area contributed by atoms with Gasteiger partial charge < -0.3 is 10.6 Å². The summed E-state index contributed by atoms with van der Waals surface area (Å²) in [4.78, 5) is 4.94. The largest absolute Gasteiger partial charge is 0.326 e. The van der Waals surface area contributed by atoms with E-state index in [-0.39, 0.29) is 6.04 Å². The van der Waals surface area contributed by atoms with Gasteiger partial charge in [-0.2, -0.15) is 11.3 Å². The van der Waals surface area contributed by atoms with Crippen LogP contribution >= 0.6 is 11.3 Å². The van der Waals surface area contributed by atoms with Crippen LogP contribution in [0.3, 0.4) is 0 Å². The first-order chi connectivity index (χ1) is 8.22. The Kier molecular flexibility index (Phi) is 4.56. The molecule has 2 atom stereocenters. The highest BCUT2D eigenvalue weighted by Gasteiger charge is 2.28. The van der Waals surface area contributed by atoms with E-state index in [0.29, 0.717) is 6.04 Å². The number of nitrogens with two attached hydrogens (primary N) is 1. The minimum Gasteiger partial charge on any atom is -0.326 e. The molecule has 96 valence electrons. The van der Waals surface area contributed by atoms with Crippen molar-refractivity contribution in [3.8, 4) is 0 Å². The SMILES string of the molecule is CCC(N)C(c1ccsc1)N1CCN(C)CC1. The average Bonchev–Trinajstić information content (AvgIpc) is 2.85. The van der Waals surface area contributed by atoms with Gasteiger partial charge in [-0.25, -0.2) is 0 Å². The van der Waals surface area contributed by atoms with Crippen LogP contribution in [0.5, 0.6) is 0 Å². The van der Waals surface area contributed by atoms with E-state index in [1.807, 2.05) is 0 Å². The van der Waals surface area contributed by atoms with Crippen molar-refractivity contribution in [2.75, 3.05) is 33.2 Å². The maximum Gasteiger partial charge on any atom is 0.0508 e. The van der Waals surface area contributed by atoms with Gasteiger partial charge in [0.1, 0.15) is 0 Å². The van der Waals surface area contributed by atoms with Gasteiger partial charge in [0.15, 0.2) is 0 Å². The van der Waals surface area contributed by atoms with Crippen molar-refractivity contribution < 1.29 is 0 Å². The maximum absolute atomic E-state index is 6.32. The molecule has 1 saturated heterocycles. The molecule has 3 nitrogen and oxygen atoms in total. The van der Waals surface area contributed by atoms with Crippen molar-refractivity contribution in [3.63, 3.8) is 0 Å². The van der Waals surface area contributed by atoms with Crippen LogP contribution in [0.15, 0.2) is 16.8 Å². The molecule has 0 aliphatic carbocycles. The van der Waals surface area contributed by atoms with Gasteiger partial charge in [0.2, 0.25) is 0 Å². The third-order valence-electron chi connectivity index (χ3n) is 3.69. The summed E-state index contributed by atoms with van der Waals surface area (Å²) in [6.07, 6.45) is 1.03. The monoisotopic (exact) mass is 253 g/mol. The molecule has 1 aliphatic heterocycles. The van der Waals surface area contributed by atoms with Crippen molar-refractivity contribution >= 4 is 11.3 Å². The quantitative estimate of drug-likeness (QED) is 0.888. The van der Waals surface area contributed by atoms with Gasteiger partial charge >= 0.3 is 0 Å². The molecule has 2 heterocycles. The van der Waals surface area contributed by atoms with Gasteiger partial charge in [-0.3, -0.25) is 4.90 Å². The lowest BCUT2D eigenvalue weighted by Gasteiger charge is -2.40. The summed E-state index contributed by atoms with van der Waals surface area (Å²) in [5.41, 5.74) is 7.72. The molecule has 0 spiro atoms. The molecule has 0 bridgehead atoms. The van der Waals surface area contributed by atoms with Gasteiger partial charge in [-0.05, 0) is 35.9 Å². The zero-order valence-corrected chi connectivity index (χ0v) is 11.6. The number of hydrogen-bond donors (Lipinski definition) is 1. The Morgan fingerprint density at radius 3 is 2.59 bits per heavy atom. The van der Waals surface area contributed by atoms with Crippen molar-refractivity contribution in [1.29, 1.82) is 0 Å². The first kappa shape index (κ1) is 13.0. The Morgan fingerprint density at radius 1 is 1.35 bits per heavy atom. The van der Waals surface area contributed by atoms with Crippen molar-refractivity contribution in [3.05, 3.63) is 22.4 Å². The molecule has 0 amide bonds. The van der Waals surface area contributed by atoms with Crippen LogP contribution in [-0.4, -0.2) is 49.1 Å². The molecule has 1 fully saturated rings. The second-order valence-electron chi connectivity index (χ2n) is 4.91. The van der Waals surface area contributed by atoms with Crippen LogP contribution in [-0.2, 0) is 0 Å². The summed E-state index contributed by atoms with van der Waals surface area (Å²) in [7, 11) is 2.19. The minimum absolute atomic E-state index is 0.244. The normalized spacial score (nSPS) is 22.5. The third-order valence-corrected chi connectivity index (χ3v) is 4.39. The average molecular weight is 253 g/mol. The zero-order valence-electron chi connectivity index (χ0n) is 10.8. The summed E-state index contributed by atoms with van der Waals surface area (Å²) in [6.45, 7) is 6.74. The molecule has 0 saturated carbocycles. The van der Waals surface area contributed by atoms with E-state index in [4.69, 9.17) is 5.73 Å². The number of piperazine rings is 1. The highest BCUT2D eigenvalue weighted by Crippen LogP contribution is 2.27. The Balaban J connectivity index is 2.10.